The molecule has 0 saturated carbocycles. The van der Waals surface area contributed by atoms with Crippen LogP contribution in [0.15, 0.2) is 83.9 Å². The summed E-state index contributed by atoms with van der Waals surface area (Å²) in [4.78, 5) is 0. The molecule has 0 saturated heterocycles. The van der Waals surface area contributed by atoms with Gasteiger partial charge in [0, 0.05) is 11.0 Å². The van der Waals surface area contributed by atoms with Crippen LogP contribution in [0.1, 0.15) is 36.1 Å². The van der Waals surface area contributed by atoms with E-state index in [0.29, 0.717) is 0 Å². The SMILES string of the molecule is CC1=[C-]c2c(ccc3ccccc23)C1.CC1=[C-]c2c(ccc3ccccc23)C1.Cl.Cl.[CH3-].[CH3-].[Hf+4].[Si]. The van der Waals surface area contributed by atoms with Gasteiger partial charge in [-0.15, -0.1) is 82.1 Å². The second kappa shape index (κ2) is 14.8. The van der Waals surface area contributed by atoms with Gasteiger partial charge in [-0.3, -0.25) is 0 Å². The van der Waals surface area contributed by atoms with E-state index in [4.69, 9.17) is 0 Å². The Bertz CT molecular complexity index is 1190. The minimum absolute atomic E-state index is 0. The van der Waals surface area contributed by atoms with Crippen molar-refractivity contribution < 1.29 is 25.8 Å². The molecule has 0 fully saturated rings. The molecule has 6 rings (SSSR count). The van der Waals surface area contributed by atoms with Crippen molar-refractivity contribution in [1.29, 1.82) is 0 Å². The summed E-state index contributed by atoms with van der Waals surface area (Å²) in [5.74, 6) is 0. The second-order valence-corrected chi connectivity index (χ2v) is 7.81. The molecule has 0 atom stereocenters. The van der Waals surface area contributed by atoms with Gasteiger partial charge in [0.25, 0.3) is 0 Å². The normalized spacial score (nSPS) is 11.7. The minimum atomic E-state index is 0. The zero-order valence-corrected chi connectivity index (χ0v) is 26.4. The van der Waals surface area contributed by atoms with E-state index in [0.717, 1.165) is 12.8 Å². The second-order valence-electron chi connectivity index (χ2n) is 7.81. The van der Waals surface area contributed by atoms with Crippen LogP contribution in [-0.4, -0.2) is 11.0 Å². The monoisotopic (exact) mass is 668 g/mol. The molecule has 0 N–H and O–H groups in total. The standard InChI is InChI=1S/2C14H11.2CH3.2ClH.Hf.Si/c2*1-10-8-12-7-6-11-4-2-3-5-13(11)14(12)9-10;;;;;;/h2*2-7H,8H2,1H3;2*1H3;2*1H;;/q4*-1;;;+4;. The number of halogens is 2. The maximum atomic E-state index is 3.46. The van der Waals surface area contributed by atoms with Crippen molar-refractivity contribution in [3.05, 3.63) is 133 Å². The number of allylic oxidation sites excluding steroid dienone is 2. The zero-order valence-electron chi connectivity index (χ0n) is 20.2. The van der Waals surface area contributed by atoms with E-state index in [1.165, 1.54) is 54.9 Å². The third-order valence-electron chi connectivity index (χ3n) is 5.62. The van der Waals surface area contributed by atoms with Crippen LogP contribution < -0.4 is 0 Å². The summed E-state index contributed by atoms with van der Waals surface area (Å²) in [7, 11) is 0. The van der Waals surface area contributed by atoms with Gasteiger partial charge >= 0.3 is 25.8 Å². The summed E-state index contributed by atoms with van der Waals surface area (Å²) in [5.41, 5.74) is 8.14. The predicted octanol–water partition coefficient (Wildman–Crippen LogP) is 8.35. The van der Waals surface area contributed by atoms with Crippen molar-refractivity contribution in [1.82, 2.24) is 0 Å². The third kappa shape index (κ3) is 6.82. The molecule has 4 aromatic rings. The predicted molar refractivity (Wildman–Crippen MR) is 151 cm³/mol. The topological polar surface area (TPSA) is 0 Å². The molecule has 0 heterocycles. The quantitative estimate of drug-likeness (QED) is 0.131. The molecule has 0 amide bonds. The Morgan fingerprint density at radius 1 is 0.559 bits per heavy atom. The van der Waals surface area contributed by atoms with Crippen LogP contribution >= 0.6 is 24.8 Å². The Morgan fingerprint density at radius 2 is 0.912 bits per heavy atom. The van der Waals surface area contributed by atoms with E-state index in [2.05, 4.69) is 98.8 Å². The van der Waals surface area contributed by atoms with Gasteiger partial charge in [-0.05, 0) is 0 Å². The molecule has 0 spiro atoms. The molecule has 4 aromatic carbocycles. The molecular weight excluding hydrogens is 638 g/mol. The van der Waals surface area contributed by atoms with Gasteiger partial charge < -0.3 is 14.9 Å². The number of hydrogen-bond acceptors (Lipinski definition) is 0. The van der Waals surface area contributed by atoms with E-state index in [1.54, 1.807) is 0 Å². The first-order valence-electron chi connectivity index (χ1n) is 9.89. The summed E-state index contributed by atoms with van der Waals surface area (Å²) in [6, 6.07) is 25.9. The average molecular weight is 668 g/mol. The summed E-state index contributed by atoms with van der Waals surface area (Å²) in [6.07, 6.45) is 9.05. The van der Waals surface area contributed by atoms with Gasteiger partial charge in [0.1, 0.15) is 0 Å². The van der Waals surface area contributed by atoms with Gasteiger partial charge in [0.2, 0.25) is 0 Å². The Kier molecular flexibility index (Phi) is 15.1. The Labute approximate surface area is 241 Å². The van der Waals surface area contributed by atoms with Crippen molar-refractivity contribution in [2.45, 2.75) is 26.7 Å². The molecule has 0 bridgehead atoms. The molecule has 0 aliphatic heterocycles. The molecule has 0 nitrogen and oxygen atoms in total. The number of benzene rings is 4. The maximum Gasteiger partial charge on any atom is 4.00 e. The summed E-state index contributed by atoms with van der Waals surface area (Å²) < 4.78 is 0. The van der Waals surface area contributed by atoms with E-state index in [9.17, 15) is 0 Å². The molecule has 34 heavy (non-hydrogen) atoms. The van der Waals surface area contributed by atoms with E-state index in [-0.39, 0.29) is 76.5 Å². The molecule has 2 aliphatic carbocycles. The van der Waals surface area contributed by atoms with Gasteiger partial charge in [-0.1, -0.05) is 86.0 Å². The van der Waals surface area contributed by atoms with Crippen molar-refractivity contribution in [2.24, 2.45) is 0 Å². The molecule has 4 radical (unpaired) electrons. The van der Waals surface area contributed by atoms with E-state index in [1.807, 2.05) is 0 Å². The van der Waals surface area contributed by atoms with Crippen molar-refractivity contribution in [2.75, 3.05) is 0 Å². The summed E-state index contributed by atoms with van der Waals surface area (Å²) in [5, 5.41) is 5.30. The Balaban J connectivity index is 0. The van der Waals surface area contributed by atoms with Crippen LogP contribution in [0.3, 0.4) is 0 Å². The molecule has 2 aliphatic rings. The van der Waals surface area contributed by atoms with Crippen LogP contribution in [0.5, 0.6) is 0 Å². The number of rotatable bonds is 0. The molecule has 172 valence electrons. The molecule has 0 unspecified atom stereocenters. The fraction of sp³-hybridized carbons (Fsp3) is 0.133. The largest absolute Gasteiger partial charge is 4.00 e. The maximum absolute atomic E-state index is 3.46. The van der Waals surface area contributed by atoms with Crippen LogP contribution in [0, 0.1) is 27.0 Å². The van der Waals surface area contributed by atoms with Crippen LogP contribution in [-0.2, 0) is 38.7 Å². The van der Waals surface area contributed by atoms with Crippen LogP contribution in [0.4, 0.5) is 0 Å². The van der Waals surface area contributed by atoms with Gasteiger partial charge in [0.15, 0.2) is 0 Å². The van der Waals surface area contributed by atoms with E-state index >= 15 is 0 Å². The van der Waals surface area contributed by atoms with E-state index < -0.39 is 0 Å². The fourth-order valence-electron chi connectivity index (χ4n) is 4.31. The average Bonchev–Trinajstić information content (AvgIpc) is 3.30. The summed E-state index contributed by atoms with van der Waals surface area (Å²) in [6.45, 7) is 4.30. The van der Waals surface area contributed by atoms with Crippen molar-refractivity contribution in [3.63, 3.8) is 0 Å². The van der Waals surface area contributed by atoms with Crippen LogP contribution in [0.2, 0.25) is 0 Å². The fourth-order valence-corrected chi connectivity index (χ4v) is 4.31. The third-order valence-corrected chi connectivity index (χ3v) is 5.62. The minimum Gasteiger partial charge on any atom is -0.358 e. The molecular formula is C30H30Cl2HfSi. The molecule has 4 heteroatoms. The van der Waals surface area contributed by atoms with Gasteiger partial charge in [0.05, 0.1) is 0 Å². The van der Waals surface area contributed by atoms with Crippen molar-refractivity contribution in [3.8, 4) is 0 Å². The number of hydrogen-bond donors (Lipinski definition) is 0. The Hall–Kier alpha value is -1.45. The zero-order chi connectivity index (χ0) is 19.1. The Morgan fingerprint density at radius 3 is 1.29 bits per heavy atom. The van der Waals surface area contributed by atoms with Crippen molar-refractivity contribution >= 4 is 57.3 Å². The smallest absolute Gasteiger partial charge is 0.358 e. The first-order chi connectivity index (χ1) is 13.7. The number of fused-ring (bicyclic) bond motifs is 6. The first kappa shape index (κ1) is 34.7. The van der Waals surface area contributed by atoms with Gasteiger partial charge in [-0.2, -0.15) is 23.3 Å². The molecule has 0 aromatic heterocycles. The summed E-state index contributed by atoms with van der Waals surface area (Å²) >= 11 is 0. The van der Waals surface area contributed by atoms with Crippen LogP contribution in [0.25, 0.3) is 21.5 Å². The first-order valence-corrected chi connectivity index (χ1v) is 9.89. The van der Waals surface area contributed by atoms with Gasteiger partial charge in [-0.25, -0.2) is 0 Å².